The predicted molar refractivity (Wildman–Crippen MR) is 74.3 cm³/mol. The van der Waals surface area contributed by atoms with Crippen molar-refractivity contribution in [2.75, 3.05) is 6.54 Å². The van der Waals surface area contributed by atoms with Gasteiger partial charge in [-0.05, 0) is 38.1 Å². The van der Waals surface area contributed by atoms with Crippen LogP contribution in [-0.4, -0.2) is 11.5 Å². The molecule has 3 heteroatoms. The highest BCUT2D eigenvalue weighted by atomic mass is 32.1. The summed E-state index contributed by atoms with van der Waals surface area (Å²) in [4.78, 5) is 4.36. The van der Waals surface area contributed by atoms with Crippen molar-refractivity contribution < 1.29 is 0 Å². The number of thiazole rings is 1. The number of nitrogens with zero attached hydrogens (tertiary/aromatic N) is 1. The van der Waals surface area contributed by atoms with Crippen LogP contribution < -0.4 is 5.32 Å². The van der Waals surface area contributed by atoms with Gasteiger partial charge in [-0.3, -0.25) is 0 Å². The molecule has 2 rings (SSSR count). The second-order valence-corrected chi connectivity index (χ2v) is 6.22. The molecule has 1 atom stereocenters. The first-order valence-electron chi connectivity index (χ1n) is 6.92. The fraction of sp³-hybridized carbons (Fsp3) is 0.786. The van der Waals surface area contributed by atoms with Gasteiger partial charge in [-0.25, -0.2) is 4.98 Å². The van der Waals surface area contributed by atoms with E-state index in [-0.39, 0.29) is 0 Å². The molecule has 0 aromatic carbocycles. The van der Waals surface area contributed by atoms with E-state index in [4.69, 9.17) is 0 Å². The molecule has 1 aliphatic carbocycles. The average Bonchev–Trinajstić information content (AvgIpc) is 2.90. The molecule has 17 heavy (non-hydrogen) atoms. The fourth-order valence-corrected chi connectivity index (χ4v) is 3.39. The van der Waals surface area contributed by atoms with Crippen LogP contribution in [-0.2, 0) is 0 Å². The van der Waals surface area contributed by atoms with Crippen LogP contribution >= 0.6 is 11.3 Å². The topological polar surface area (TPSA) is 24.9 Å². The Bertz CT molecular complexity index is 302. The van der Waals surface area contributed by atoms with Crippen molar-refractivity contribution >= 4 is 11.3 Å². The Morgan fingerprint density at radius 2 is 2.06 bits per heavy atom. The molecule has 0 spiro atoms. The molecule has 1 aliphatic rings. The molecule has 0 radical (unpaired) electrons. The van der Waals surface area contributed by atoms with E-state index in [1.807, 2.05) is 6.20 Å². The number of rotatable bonds is 5. The van der Waals surface area contributed by atoms with Crippen molar-refractivity contribution in [3.05, 3.63) is 16.6 Å². The number of nitrogens with one attached hydrogen (secondary N) is 1. The molecule has 0 bridgehead atoms. The molecule has 0 aliphatic heterocycles. The van der Waals surface area contributed by atoms with Gasteiger partial charge in [0, 0.05) is 11.6 Å². The molecule has 1 aromatic rings. The third kappa shape index (κ3) is 3.78. The SMILES string of the molecule is CCC1CCC(CNC(C)c2nccs2)CC1. The monoisotopic (exact) mass is 252 g/mol. The van der Waals surface area contributed by atoms with Crippen LogP contribution in [0.4, 0.5) is 0 Å². The van der Waals surface area contributed by atoms with Gasteiger partial charge in [-0.1, -0.05) is 26.2 Å². The summed E-state index contributed by atoms with van der Waals surface area (Å²) in [5.41, 5.74) is 0. The molecule has 96 valence electrons. The van der Waals surface area contributed by atoms with Crippen LogP contribution in [0.5, 0.6) is 0 Å². The van der Waals surface area contributed by atoms with Gasteiger partial charge < -0.3 is 5.32 Å². The Morgan fingerprint density at radius 3 is 2.65 bits per heavy atom. The molecule has 1 fully saturated rings. The highest BCUT2D eigenvalue weighted by Gasteiger charge is 2.20. The Kier molecular flexibility index (Phi) is 4.99. The minimum Gasteiger partial charge on any atom is -0.308 e. The lowest BCUT2D eigenvalue weighted by Crippen LogP contribution is -2.28. The van der Waals surface area contributed by atoms with Crippen LogP contribution in [0.25, 0.3) is 0 Å². The van der Waals surface area contributed by atoms with Gasteiger partial charge in [0.2, 0.25) is 0 Å². The smallest absolute Gasteiger partial charge is 0.109 e. The van der Waals surface area contributed by atoms with Gasteiger partial charge in [0.1, 0.15) is 5.01 Å². The first kappa shape index (κ1) is 13.0. The maximum atomic E-state index is 4.36. The van der Waals surface area contributed by atoms with Gasteiger partial charge in [0.25, 0.3) is 0 Å². The van der Waals surface area contributed by atoms with Crippen LogP contribution in [0.3, 0.4) is 0 Å². The van der Waals surface area contributed by atoms with Gasteiger partial charge >= 0.3 is 0 Å². The van der Waals surface area contributed by atoms with Crippen molar-refractivity contribution in [3.8, 4) is 0 Å². The van der Waals surface area contributed by atoms with Crippen LogP contribution in [0.2, 0.25) is 0 Å². The molecule has 1 unspecified atom stereocenters. The summed E-state index contributed by atoms with van der Waals surface area (Å²) in [5, 5.41) is 6.91. The lowest BCUT2D eigenvalue weighted by molar-refractivity contribution is 0.258. The molecule has 2 nitrogen and oxygen atoms in total. The van der Waals surface area contributed by atoms with Crippen molar-refractivity contribution in [2.24, 2.45) is 11.8 Å². The third-order valence-electron chi connectivity index (χ3n) is 4.08. The van der Waals surface area contributed by atoms with Gasteiger partial charge in [-0.2, -0.15) is 0 Å². The van der Waals surface area contributed by atoms with E-state index in [1.165, 1.54) is 37.1 Å². The number of hydrogen-bond acceptors (Lipinski definition) is 3. The normalized spacial score (nSPS) is 26.9. The van der Waals surface area contributed by atoms with Gasteiger partial charge in [0.05, 0.1) is 6.04 Å². The second-order valence-electron chi connectivity index (χ2n) is 5.30. The lowest BCUT2D eigenvalue weighted by atomic mass is 9.81. The van der Waals surface area contributed by atoms with E-state index in [2.05, 4.69) is 29.5 Å². The zero-order chi connectivity index (χ0) is 12.1. The zero-order valence-corrected chi connectivity index (χ0v) is 11.8. The standard InChI is InChI=1S/C14H24N2S/c1-3-12-4-6-13(7-5-12)10-16-11(2)14-15-8-9-17-14/h8-9,11-13,16H,3-7,10H2,1-2H3. The van der Waals surface area contributed by atoms with E-state index in [1.54, 1.807) is 11.3 Å². The number of hydrogen-bond donors (Lipinski definition) is 1. The molecule has 1 N–H and O–H groups in total. The first-order valence-corrected chi connectivity index (χ1v) is 7.80. The lowest BCUT2D eigenvalue weighted by Gasteiger charge is -2.28. The Morgan fingerprint density at radius 1 is 1.35 bits per heavy atom. The summed E-state index contributed by atoms with van der Waals surface area (Å²) in [6.07, 6.45) is 8.97. The van der Waals surface area contributed by atoms with Crippen molar-refractivity contribution in [1.82, 2.24) is 10.3 Å². The van der Waals surface area contributed by atoms with E-state index in [9.17, 15) is 0 Å². The van der Waals surface area contributed by atoms with E-state index in [0.29, 0.717) is 6.04 Å². The van der Waals surface area contributed by atoms with Crippen LogP contribution in [0.15, 0.2) is 11.6 Å². The highest BCUT2D eigenvalue weighted by Crippen LogP contribution is 2.30. The summed E-state index contributed by atoms with van der Waals surface area (Å²) in [5.74, 6) is 1.89. The molecule has 1 saturated carbocycles. The average molecular weight is 252 g/mol. The first-order chi connectivity index (χ1) is 8.29. The molecular weight excluding hydrogens is 228 g/mol. The molecule has 1 aromatic heterocycles. The Hall–Kier alpha value is -0.410. The van der Waals surface area contributed by atoms with Crippen molar-refractivity contribution in [2.45, 2.75) is 52.0 Å². The highest BCUT2D eigenvalue weighted by molar-refractivity contribution is 7.09. The fourth-order valence-electron chi connectivity index (χ4n) is 2.72. The zero-order valence-electron chi connectivity index (χ0n) is 11.0. The molecule has 0 amide bonds. The second kappa shape index (κ2) is 6.50. The largest absolute Gasteiger partial charge is 0.308 e. The maximum Gasteiger partial charge on any atom is 0.109 e. The summed E-state index contributed by atoms with van der Waals surface area (Å²) in [7, 11) is 0. The molecular formula is C14H24N2S. The molecule has 0 saturated heterocycles. The minimum atomic E-state index is 0.416. The Labute approximate surface area is 109 Å². The summed E-state index contributed by atoms with van der Waals surface area (Å²) >= 11 is 1.75. The van der Waals surface area contributed by atoms with E-state index >= 15 is 0 Å². The quantitative estimate of drug-likeness (QED) is 0.856. The molecule has 1 heterocycles. The third-order valence-corrected chi connectivity index (χ3v) is 5.04. The minimum absolute atomic E-state index is 0.416. The Balaban J connectivity index is 1.69. The van der Waals surface area contributed by atoms with Crippen LogP contribution in [0, 0.1) is 11.8 Å². The van der Waals surface area contributed by atoms with Crippen molar-refractivity contribution in [1.29, 1.82) is 0 Å². The maximum absolute atomic E-state index is 4.36. The van der Waals surface area contributed by atoms with Crippen molar-refractivity contribution in [3.63, 3.8) is 0 Å². The summed E-state index contributed by atoms with van der Waals surface area (Å²) in [6.45, 7) is 5.71. The van der Waals surface area contributed by atoms with E-state index < -0.39 is 0 Å². The number of aromatic nitrogens is 1. The predicted octanol–water partition coefficient (Wildman–Crippen LogP) is 4.01. The van der Waals surface area contributed by atoms with E-state index in [0.717, 1.165) is 18.4 Å². The summed E-state index contributed by atoms with van der Waals surface area (Å²) < 4.78 is 0. The van der Waals surface area contributed by atoms with Gasteiger partial charge in [0.15, 0.2) is 0 Å². The summed E-state index contributed by atoms with van der Waals surface area (Å²) in [6, 6.07) is 0.416. The van der Waals surface area contributed by atoms with Crippen LogP contribution in [0.1, 0.15) is 57.0 Å². The van der Waals surface area contributed by atoms with Gasteiger partial charge in [-0.15, -0.1) is 11.3 Å².